The van der Waals surface area contributed by atoms with Gasteiger partial charge in [0.15, 0.2) is 0 Å². The Kier molecular flexibility index (Phi) is 6.52. The van der Waals surface area contributed by atoms with Gasteiger partial charge in [-0.15, -0.1) is 0 Å². The fourth-order valence-corrected chi connectivity index (χ4v) is 6.21. The predicted octanol–water partition coefficient (Wildman–Crippen LogP) is 7.68. The van der Waals surface area contributed by atoms with Crippen LogP contribution in [0.4, 0.5) is 0 Å². The van der Waals surface area contributed by atoms with Crippen LogP contribution in [-0.4, -0.2) is 33.0 Å². The van der Waals surface area contributed by atoms with Crippen molar-refractivity contribution in [2.75, 3.05) is 0 Å². The lowest BCUT2D eigenvalue weighted by Crippen LogP contribution is -2.24. The van der Waals surface area contributed by atoms with Crippen LogP contribution in [0, 0.1) is 6.92 Å². The molecule has 3 aromatic carbocycles. The van der Waals surface area contributed by atoms with Gasteiger partial charge in [-0.1, -0.05) is 48.5 Å². The molecule has 1 atom stereocenters. The summed E-state index contributed by atoms with van der Waals surface area (Å²) in [7, 11) is 0. The molecular weight excluding hydrogens is 520 g/mol. The second-order valence-corrected chi connectivity index (χ2v) is 12.9. The lowest BCUT2D eigenvalue weighted by atomic mass is 9.97. The van der Waals surface area contributed by atoms with Crippen LogP contribution in [0.2, 0.25) is 0 Å². The second-order valence-electron chi connectivity index (χ2n) is 12.9. The Labute approximate surface area is 247 Å². The molecule has 3 aliphatic rings. The summed E-state index contributed by atoms with van der Waals surface area (Å²) in [4.78, 5) is 23.7. The van der Waals surface area contributed by atoms with Gasteiger partial charge in [-0.2, -0.15) is 0 Å². The molecule has 0 radical (unpaired) electrons. The van der Waals surface area contributed by atoms with E-state index in [4.69, 9.17) is 14.7 Å². The standard InChI is InChI=1S/C36H38N4O2/c1-22-18-26(33-37-29-12-8-9-13-30(29)38-33)20-31-32(22)39-34(25-15-16-25)40(31)21-23-14-17-27(24-10-6-5-7-11-24)28(19-23)35(41)42-36(2,3)4/h5-7,10-12,14,17-20,25,30H,8-9,13,15-16,21H2,1-4H3,(H,37,38). The van der Waals surface area contributed by atoms with Crippen LogP contribution in [0.5, 0.6) is 0 Å². The number of aromatic nitrogens is 2. The number of amidine groups is 1. The van der Waals surface area contributed by atoms with Crippen molar-refractivity contribution >= 4 is 22.8 Å². The van der Waals surface area contributed by atoms with Crippen LogP contribution in [0.3, 0.4) is 0 Å². The summed E-state index contributed by atoms with van der Waals surface area (Å²) in [5, 5.41) is 3.60. The number of aliphatic imine (C=N–C) groups is 1. The molecule has 1 unspecified atom stereocenters. The number of fused-ring (bicyclic) bond motifs is 2. The number of ether oxygens (including phenoxy) is 1. The van der Waals surface area contributed by atoms with E-state index in [1.54, 1.807) is 0 Å². The largest absolute Gasteiger partial charge is 0.456 e. The summed E-state index contributed by atoms with van der Waals surface area (Å²) in [6, 6.07) is 21.0. The van der Waals surface area contributed by atoms with E-state index in [0.29, 0.717) is 18.0 Å². The van der Waals surface area contributed by atoms with Crippen LogP contribution in [0.1, 0.15) is 91.7 Å². The molecule has 214 valence electrons. The maximum absolute atomic E-state index is 13.5. The Morgan fingerprint density at radius 3 is 2.57 bits per heavy atom. The molecule has 0 spiro atoms. The topological polar surface area (TPSA) is 68.5 Å². The average Bonchev–Trinajstić information content (AvgIpc) is 3.61. The zero-order chi connectivity index (χ0) is 29.0. The highest BCUT2D eigenvalue weighted by Gasteiger charge is 2.31. The highest BCUT2D eigenvalue weighted by molar-refractivity contribution is 6.04. The number of aryl methyl sites for hydroxylation is 1. The molecule has 2 aliphatic carbocycles. The number of carbonyl (C=O) groups is 1. The summed E-state index contributed by atoms with van der Waals surface area (Å²) in [6.45, 7) is 8.50. The van der Waals surface area contributed by atoms with Crippen molar-refractivity contribution in [1.29, 1.82) is 0 Å². The van der Waals surface area contributed by atoms with Crippen molar-refractivity contribution in [3.8, 4) is 11.1 Å². The summed E-state index contributed by atoms with van der Waals surface area (Å²) < 4.78 is 8.23. The number of carbonyl (C=O) groups excluding carboxylic acids is 1. The summed E-state index contributed by atoms with van der Waals surface area (Å²) in [5.74, 6) is 2.26. The Bertz CT molecular complexity index is 1750. The van der Waals surface area contributed by atoms with Crippen LogP contribution in [0.25, 0.3) is 22.2 Å². The second kappa shape index (κ2) is 10.3. The third-order valence-corrected chi connectivity index (χ3v) is 8.37. The Morgan fingerprint density at radius 2 is 1.83 bits per heavy atom. The minimum absolute atomic E-state index is 0.256. The van der Waals surface area contributed by atoms with Crippen LogP contribution >= 0.6 is 0 Å². The normalized spacial score (nSPS) is 18.3. The minimum Gasteiger partial charge on any atom is -0.456 e. The van der Waals surface area contributed by atoms with Gasteiger partial charge < -0.3 is 14.6 Å². The van der Waals surface area contributed by atoms with Gasteiger partial charge >= 0.3 is 5.97 Å². The van der Waals surface area contributed by atoms with Crippen molar-refractivity contribution in [3.63, 3.8) is 0 Å². The number of nitrogens with one attached hydrogen (secondary N) is 1. The number of benzene rings is 3. The number of esters is 1. The Morgan fingerprint density at radius 1 is 1.02 bits per heavy atom. The van der Waals surface area contributed by atoms with Gasteiger partial charge in [0.1, 0.15) is 17.3 Å². The fourth-order valence-electron chi connectivity index (χ4n) is 6.21. The first-order valence-electron chi connectivity index (χ1n) is 15.2. The van der Waals surface area contributed by atoms with Crippen molar-refractivity contribution in [2.45, 2.75) is 83.9 Å². The number of imidazole rings is 1. The molecule has 1 aliphatic heterocycles. The van der Waals surface area contributed by atoms with E-state index in [2.05, 4.69) is 47.1 Å². The number of hydrogen-bond acceptors (Lipinski definition) is 5. The van der Waals surface area contributed by atoms with E-state index >= 15 is 0 Å². The van der Waals surface area contributed by atoms with Gasteiger partial charge in [0.25, 0.3) is 0 Å². The first-order valence-corrected chi connectivity index (χ1v) is 15.2. The predicted molar refractivity (Wildman–Crippen MR) is 168 cm³/mol. The van der Waals surface area contributed by atoms with E-state index in [-0.39, 0.29) is 12.0 Å². The monoisotopic (exact) mass is 558 g/mol. The third-order valence-electron chi connectivity index (χ3n) is 8.37. The van der Waals surface area contributed by atoms with Crippen LogP contribution < -0.4 is 5.32 Å². The fraction of sp³-hybridized carbons (Fsp3) is 0.361. The molecular formula is C36H38N4O2. The smallest absolute Gasteiger partial charge is 0.339 e. The molecule has 1 aromatic heterocycles. The molecule has 6 nitrogen and oxygen atoms in total. The first-order chi connectivity index (χ1) is 20.2. The number of allylic oxidation sites excluding steroid dienone is 1. The Balaban J connectivity index is 1.31. The van der Waals surface area contributed by atoms with Crippen LogP contribution in [-0.2, 0) is 11.3 Å². The zero-order valence-electron chi connectivity index (χ0n) is 24.9. The van der Waals surface area contributed by atoms with Gasteiger partial charge in [0, 0.05) is 23.7 Å². The van der Waals surface area contributed by atoms with E-state index in [0.717, 1.165) is 76.2 Å². The molecule has 1 fully saturated rings. The quantitative estimate of drug-likeness (QED) is 0.247. The highest BCUT2D eigenvalue weighted by atomic mass is 16.6. The van der Waals surface area contributed by atoms with Gasteiger partial charge in [0.2, 0.25) is 0 Å². The molecule has 0 saturated heterocycles. The van der Waals surface area contributed by atoms with Gasteiger partial charge in [-0.05, 0) is 100 Å². The van der Waals surface area contributed by atoms with E-state index in [1.807, 2.05) is 57.2 Å². The molecule has 0 amide bonds. The summed E-state index contributed by atoms with van der Waals surface area (Å²) >= 11 is 0. The van der Waals surface area contributed by atoms with Gasteiger partial charge in [-0.25, -0.2) is 9.78 Å². The molecule has 0 bridgehead atoms. The Hall–Kier alpha value is -4.19. The van der Waals surface area contributed by atoms with Gasteiger partial charge in [0.05, 0.1) is 22.6 Å². The molecule has 4 aromatic rings. The summed E-state index contributed by atoms with van der Waals surface area (Å²) in [6.07, 6.45) is 8.03. The minimum atomic E-state index is -0.584. The number of nitrogens with zero attached hydrogens (tertiary/aromatic N) is 3. The maximum Gasteiger partial charge on any atom is 0.339 e. The molecule has 2 heterocycles. The lowest BCUT2D eigenvalue weighted by molar-refractivity contribution is 0.00703. The lowest BCUT2D eigenvalue weighted by Gasteiger charge is -2.21. The third kappa shape index (κ3) is 5.15. The molecule has 1 saturated carbocycles. The maximum atomic E-state index is 13.5. The van der Waals surface area contributed by atoms with Crippen molar-refractivity contribution in [2.24, 2.45) is 4.99 Å². The molecule has 6 heteroatoms. The van der Waals surface area contributed by atoms with E-state index in [1.165, 1.54) is 12.1 Å². The zero-order valence-corrected chi connectivity index (χ0v) is 24.9. The van der Waals surface area contributed by atoms with Crippen LogP contribution in [0.15, 0.2) is 77.4 Å². The first kappa shape index (κ1) is 26.7. The molecule has 1 N–H and O–H groups in total. The highest BCUT2D eigenvalue weighted by Crippen LogP contribution is 2.42. The SMILES string of the molecule is Cc1cc(C2=NC3CCCC=C3N2)cc2c1nc(C1CC1)n2Cc1ccc(-c2ccccc2)c(C(=O)OC(C)(C)C)c1. The summed E-state index contributed by atoms with van der Waals surface area (Å²) in [5.41, 5.74) is 8.60. The molecule has 42 heavy (non-hydrogen) atoms. The van der Waals surface area contributed by atoms with E-state index in [9.17, 15) is 4.79 Å². The number of rotatable bonds is 6. The average molecular weight is 559 g/mol. The van der Waals surface area contributed by atoms with Crippen molar-refractivity contribution in [3.05, 3.63) is 101 Å². The van der Waals surface area contributed by atoms with Crippen molar-refractivity contribution < 1.29 is 9.53 Å². The van der Waals surface area contributed by atoms with E-state index < -0.39 is 5.60 Å². The van der Waals surface area contributed by atoms with Crippen molar-refractivity contribution in [1.82, 2.24) is 14.9 Å². The van der Waals surface area contributed by atoms with Gasteiger partial charge in [-0.3, -0.25) is 4.99 Å². The molecule has 7 rings (SSSR count). The number of hydrogen-bond donors (Lipinski definition) is 1.